The van der Waals surface area contributed by atoms with Crippen molar-refractivity contribution in [3.8, 4) is 11.5 Å². The van der Waals surface area contributed by atoms with Crippen LogP contribution in [0.1, 0.15) is 24.8 Å². The molecule has 2 aliphatic rings. The second-order valence-corrected chi connectivity index (χ2v) is 5.06. The number of halogens is 1. The summed E-state index contributed by atoms with van der Waals surface area (Å²) >= 11 is 0. The third-order valence-corrected chi connectivity index (χ3v) is 3.65. The molecule has 0 spiro atoms. The second-order valence-electron chi connectivity index (χ2n) is 5.06. The summed E-state index contributed by atoms with van der Waals surface area (Å²) in [6.07, 6.45) is 3.42. The van der Waals surface area contributed by atoms with Crippen molar-refractivity contribution in [1.29, 1.82) is 0 Å². The molecular weight excluding hydrogens is 207 g/mol. The maximum atomic E-state index is 13.6. The van der Waals surface area contributed by atoms with Gasteiger partial charge in [0.15, 0.2) is 17.3 Å². The van der Waals surface area contributed by atoms with Crippen LogP contribution in [0.5, 0.6) is 11.5 Å². The molecule has 3 rings (SSSR count). The number of aryl methyl sites for hydroxylation is 1. The van der Waals surface area contributed by atoms with Crippen molar-refractivity contribution in [2.75, 3.05) is 0 Å². The Bertz CT molecular complexity index is 397. The number of hydrogen-bond acceptors (Lipinski definition) is 2. The van der Waals surface area contributed by atoms with Crippen LogP contribution in [0.4, 0.5) is 4.39 Å². The summed E-state index contributed by atoms with van der Waals surface area (Å²) in [5.41, 5.74) is 0.705. The molecular formula is C13H15FO2. The predicted molar refractivity (Wildman–Crippen MR) is 58.0 cm³/mol. The molecule has 3 heteroatoms. The maximum absolute atomic E-state index is 13.6. The van der Waals surface area contributed by atoms with Crippen molar-refractivity contribution in [2.45, 2.75) is 32.3 Å². The van der Waals surface area contributed by atoms with Gasteiger partial charge in [0, 0.05) is 0 Å². The molecule has 2 atom stereocenters. The summed E-state index contributed by atoms with van der Waals surface area (Å²) in [4.78, 5) is 0. The quantitative estimate of drug-likeness (QED) is 0.833. The lowest BCUT2D eigenvalue weighted by molar-refractivity contribution is 0.178. The molecule has 2 aliphatic carbocycles. The summed E-state index contributed by atoms with van der Waals surface area (Å²) in [6, 6.07) is 2.93. The minimum Gasteiger partial charge on any atom is -0.504 e. The van der Waals surface area contributed by atoms with Crippen molar-refractivity contribution >= 4 is 0 Å². The van der Waals surface area contributed by atoms with Crippen LogP contribution < -0.4 is 4.74 Å². The zero-order valence-corrected chi connectivity index (χ0v) is 9.24. The van der Waals surface area contributed by atoms with Crippen LogP contribution in [0.3, 0.4) is 0 Å². The number of phenolic OH excluding ortho intramolecular Hbond substituents is 1. The standard InChI is InChI=1S/C13H15FO2/c1-7-2-11(14)13(12(15)3-7)16-10-5-8-4-9(8)6-10/h2-3,8-10,15H,4-6H2,1H3. The van der Waals surface area contributed by atoms with Crippen molar-refractivity contribution in [1.82, 2.24) is 0 Å². The Hall–Kier alpha value is -1.25. The molecule has 0 heterocycles. The Morgan fingerprint density at radius 2 is 1.94 bits per heavy atom. The fourth-order valence-corrected chi connectivity index (χ4v) is 2.75. The van der Waals surface area contributed by atoms with Gasteiger partial charge < -0.3 is 9.84 Å². The van der Waals surface area contributed by atoms with Crippen LogP contribution in [0.15, 0.2) is 12.1 Å². The monoisotopic (exact) mass is 222 g/mol. The molecule has 1 aromatic carbocycles. The third-order valence-electron chi connectivity index (χ3n) is 3.65. The fourth-order valence-electron chi connectivity index (χ4n) is 2.75. The Kier molecular flexibility index (Phi) is 2.09. The molecule has 0 aliphatic heterocycles. The van der Waals surface area contributed by atoms with Gasteiger partial charge in [0.05, 0.1) is 6.10 Å². The molecule has 2 fully saturated rings. The van der Waals surface area contributed by atoms with E-state index in [0.29, 0.717) is 5.56 Å². The van der Waals surface area contributed by atoms with Gasteiger partial charge in [0.1, 0.15) is 0 Å². The highest BCUT2D eigenvalue weighted by Gasteiger charge is 2.47. The van der Waals surface area contributed by atoms with Crippen LogP contribution in [-0.4, -0.2) is 11.2 Å². The van der Waals surface area contributed by atoms with Crippen LogP contribution >= 0.6 is 0 Å². The largest absolute Gasteiger partial charge is 0.504 e. The van der Waals surface area contributed by atoms with E-state index in [4.69, 9.17) is 4.74 Å². The second kappa shape index (κ2) is 3.37. The molecule has 2 saturated carbocycles. The van der Waals surface area contributed by atoms with Gasteiger partial charge in [0.25, 0.3) is 0 Å². The molecule has 0 bridgehead atoms. The maximum Gasteiger partial charge on any atom is 0.197 e. The zero-order valence-electron chi connectivity index (χ0n) is 9.24. The molecule has 0 saturated heterocycles. The Morgan fingerprint density at radius 3 is 2.56 bits per heavy atom. The summed E-state index contributed by atoms with van der Waals surface area (Å²) in [7, 11) is 0. The predicted octanol–water partition coefficient (Wildman–Crippen LogP) is 3.02. The highest BCUT2D eigenvalue weighted by molar-refractivity contribution is 5.43. The van der Waals surface area contributed by atoms with Crippen LogP contribution in [0.2, 0.25) is 0 Å². The van der Waals surface area contributed by atoms with Crippen molar-refractivity contribution in [2.24, 2.45) is 11.8 Å². The van der Waals surface area contributed by atoms with Crippen molar-refractivity contribution in [3.05, 3.63) is 23.5 Å². The van der Waals surface area contributed by atoms with E-state index in [2.05, 4.69) is 0 Å². The number of fused-ring (bicyclic) bond motifs is 1. The van der Waals surface area contributed by atoms with Gasteiger partial charge in [-0.15, -0.1) is 0 Å². The lowest BCUT2D eigenvalue weighted by Crippen LogP contribution is -2.14. The Labute approximate surface area is 94.0 Å². The first-order chi connectivity index (χ1) is 7.63. The Balaban J connectivity index is 1.78. The van der Waals surface area contributed by atoms with Gasteiger partial charge in [-0.1, -0.05) is 0 Å². The molecule has 86 valence electrons. The molecule has 16 heavy (non-hydrogen) atoms. The minimum atomic E-state index is -0.460. The smallest absolute Gasteiger partial charge is 0.197 e. The van der Waals surface area contributed by atoms with Crippen LogP contribution in [0.25, 0.3) is 0 Å². The minimum absolute atomic E-state index is 0.0249. The van der Waals surface area contributed by atoms with Gasteiger partial charge in [-0.3, -0.25) is 0 Å². The van der Waals surface area contributed by atoms with Crippen molar-refractivity contribution in [3.63, 3.8) is 0 Å². The molecule has 2 nitrogen and oxygen atoms in total. The van der Waals surface area contributed by atoms with E-state index in [1.807, 2.05) is 0 Å². The average molecular weight is 222 g/mol. The zero-order chi connectivity index (χ0) is 11.3. The lowest BCUT2D eigenvalue weighted by atomic mass is 10.2. The van der Waals surface area contributed by atoms with E-state index in [1.54, 1.807) is 6.92 Å². The van der Waals surface area contributed by atoms with Gasteiger partial charge in [-0.25, -0.2) is 4.39 Å². The van der Waals surface area contributed by atoms with E-state index < -0.39 is 5.82 Å². The molecule has 1 aromatic rings. The van der Waals surface area contributed by atoms with E-state index in [-0.39, 0.29) is 17.6 Å². The molecule has 0 aromatic heterocycles. The third kappa shape index (κ3) is 1.64. The van der Waals surface area contributed by atoms with E-state index in [1.165, 1.54) is 18.6 Å². The lowest BCUT2D eigenvalue weighted by Gasteiger charge is -2.16. The summed E-state index contributed by atoms with van der Waals surface area (Å²) in [5.74, 6) is 1.06. The summed E-state index contributed by atoms with van der Waals surface area (Å²) in [6.45, 7) is 1.75. The van der Waals surface area contributed by atoms with E-state index in [0.717, 1.165) is 24.7 Å². The Morgan fingerprint density at radius 1 is 1.25 bits per heavy atom. The highest BCUT2D eigenvalue weighted by atomic mass is 19.1. The molecule has 0 amide bonds. The van der Waals surface area contributed by atoms with Crippen LogP contribution in [-0.2, 0) is 0 Å². The van der Waals surface area contributed by atoms with Crippen LogP contribution in [0, 0.1) is 24.6 Å². The number of ether oxygens (including phenoxy) is 1. The van der Waals surface area contributed by atoms with Crippen molar-refractivity contribution < 1.29 is 14.2 Å². The summed E-state index contributed by atoms with van der Waals surface area (Å²) < 4.78 is 19.2. The molecule has 2 unspecified atom stereocenters. The highest BCUT2D eigenvalue weighted by Crippen LogP contribution is 2.53. The average Bonchev–Trinajstić information content (AvgIpc) is 2.80. The molecule has 1 N–H and O–H groups in total. The van der Waals surface area contributed by atoms with Gasteiger partial charge in [-0.2, -0.15) is 0 Å². The molecule has 0 radical (unpaired) electrons. The normalized spacial score (nSPS) is 31.2. The summed E-state index contributed by atoms with van der Waals surface area (Å²) in [5, 5.41) is 9.64. The SMILES string of the molecule is Cc1cc(O)c(OC2CC3CC3C2)c(F)c1. The first kappa shape index (κ1) is 9.94. The number of aromatic hydroxyl groups is 1. The van der Waals surface area contributed by atoms with Gasteiger partial charge >= 0.3 is 0 Å². The number of rotatable bonds is 2. The first-order valence-electron chi connectivity index (χ1n) is 5.79. The van der Waals surface area contributed by atoms with E-state index in [9.17, 15) is 9.50 Å². The topological polar surface area (TPSA) is 29.5 Å². The fraction of sp³-hybridized carbons (Fsp3) is 0.538. The number of hydrogen-bond donors (Lipinski definition) is 1. The number of benzene rings is 1. The first-order valence-corrected chi connectivity index (χ1v) is 5.79. The van der Waals surface area contributed by atoms with Gasteiger partial charge in [-0.05, 0) is 55.7 Å². The van der Waals surface area contributed by atoms with Gasteiger partial charge in [0.2, 0.25) is 0 Å². The van der Waals surface area contributed by atoms with E-state index >= 15 is 0 Å². The number of phenols is 1.